The van der Waals surface area contributed by atoms with Crippen molar-refractivity contribution in [1.82, 2.24) is 0 Å². The van der Waals surface area contributed by atoms with Crippen molar-refractivity contribution in [2.75, 3.05) is 0 Å². The zero-order chi connectivity index (χ0) is 20.6. The van der Waals surface area contributed by atoms with Gasteiger partial charge in [0.05, 0.1) is 8.95 Å². The summed E-state index contributed by atoms with van der Waals surface area (Å²) in [4.78, 5) is 23.4. The van der Waals surface area contributed by atoms with Crippen molar-refractivity contribution in [2.45, 2.75) is 41.5 Å². The number of carbonyl (C=O) groups excluding carboxylic acids is 2. The minimum Gasteiger partial charge on any atom is -0.425 e. The van der Waals surface area contributed by atoms with Gasteiger partial charge in [0, 0.05) is 29.4 Å². The molecule has 0 unspecified atom stereocenters. The van der Waals surface area contributed by atoms with Crippen molar-refractivity contribution in [3.8, 4) is 22.6 Å². The quantitative estimate of drug-likeness (QED) is 0.308. The molecule has 2 rings (SSSR count). The van der Waals surface area contributed by atoms with Crippen molar-refractivity contribution >= 4 is 59.7 Å². The van der Waals surface area contributed by atoms with Crippen LogP contribution in [0.2, 0.25) is 0 Å². The molecule has 0 aliphatic heterocycles. The first-order valence-electron chi connectivity index (χ1n) is 8.12. The third-order valence-electron chi connectivity index (χ3n) is 4.13. The van der Waals surface area contributed by atoms with Crippen LogP contribution in [0.5, 0.6) is 11.5 Å². The zero-order valence-corrected chi connectivity index (χ0v) is 20.6. The van der Waals surface area contributed by atoms with Gasteiger partial charge in [-0.3, -0.25) is 9.59 Å². The molecule has 2 aromatic carbocycles. The Morgan fingerprint density at radius 2 is 1.22 bits per heavy atom. The van der Waals surface area contributed by atoms with Crippen LogP contribution < -0.4 is 9.47 Å². The van der Waals surface area contributed by atoms with Gasteiger partial charge in [-0.2, -0.15) is 0 Å². The molecule has 27 heavy (non-hydrogen) atoms. The average Bonchev–Trinajstić information content (AvgIpc) is 2.56. The molecular weight excluding hydrogens is 544 g/mol. The van der Waals surface area contributed by atoms with Gasteiger partial charge in [0.25, 0.3) is 0 Å². The SMILES string of the molecule is CC(=O)Oc1c(C)c(Br)c(OC(C)=O)c(-c2c(C)cc(C)c(Br)c2C)c1Br. The fourth-order valence-electron chi connectivity index (χ4n) is 3.03. The molecule has 0 aromatic heterocycles. The molecule has 2 aromatic rings. The highest BCUT2D eigenvalue weighted by Gasteiger charge is 2.27. The van der Waals surface area contributed by atoms with Crippen molar-refractivity contribution in [3.63, 3.8) is 0 Å². The fraction of sp³-hybridized carbons (Fsp3) is 0.300. The van der Waals surface area contributed by atoms with Crippen molar-refractivity contribution in [3.05, 3.63) is 41.7 Å². The molecule has 0 heterocycles. The summed E-state index contributed by atoms with van der Waals surface area (Å²) in [5, 5.41) is 0. The predicted octanol–water partition coefficient (Wildman–Crippen LogP) is 6.73. The molecule has 0 atom stereocenters. The molecule has 0 saturated carbocycles. The summed E-state index contributed by atoms with van der Waals surface area (Å²) < 4.78 is 13.1. The van der Waals surface area contributed by atoms with Gasteiger partial charge in [-0.05, 0) is 81.8 Å². The van der Waals surface area contributed by atoms with Crippen LogP contribution >= 0.6 is 47.8 Å². The lowest BCUT2D eigenvalue weighted by Gasteiger charge is -2.22. The van der Waals surface area contributed by atoms with Crippen LogP contribution in [0.1, 0.15) is 36.1 Å². The molecule has 0 aliphatic carbocycles. The monoisotopic (exact) mass is 560 g/mol. The third kappa shape index (κ3) is 4.30. The molecule has 7 heteroatoms. The van der Waals surface area contributed by atoms with E-state index in [1.165, 1.54) is 13.8 Å². The van der Waals surface area contributed by atoms with Crippen LogP contribution in [-0.4, -0.2) is 11.9 Å². The Balaban J connectivity index is 3.02. The Bertz CT molecular complexity index is 965. The second-order valence-corrected chi connectivity index (χ2v) is 8.68. The first-order chi connectivity index (χ1) is 12.5. The highest BCUT2D eigenvalue weighted by atomic mass is 79.9. The van der Waals surface area contributed by atoms with E-state index in [2.05, 4.69) is 53.9 Å². The van der Waals surface area contributed by atoms with Crippen LogP contribution in [0.25, 0.3) is 11.1 Å². The van der Waals surface area contributed by atoms with Gasteiger partial charge in [0.1, 0.15) is 5.75 Å². The second-order valence-electron chi connectivity index (χ2n) is 6.30. The minimum atomic E-state index is -0.440. The molecule has 0 N–H and O–H groups in total. The maximum absolute atomic E-state index is 11.8. The summed E-state index contributed by atoms with van der Waals surface area (Å²) in [5.74, 6) is -0.110. The second kappa shape index (κ2) is 8.45. The molecule has 0 fully saturated rings. The summed E-state index contributed by atoms with van der Waals surface area (Å²) in [6.45, 7) is 10.5. The molecule has 0 saturated heterocycles. The Kier molecular flexibility index (Phi) is 6.92. The number of hydrogen-bond acceptors (Lipinski definition) is 4. The van der Waals surface area contributed by atoms with Crippen LogP contribution in [0.15, 0.2) is 19.5 Å². The van der Waals surface area contributed by atoms with E-state index in [-0.39, 0.29) is 0 Å². The number of aryl methyl sites for hydroxylation is 2. The largest absolute Gasteiger partial charge is 0.425 e. The summed E-state index contributed by atoms with van der Waals surface area (Å²) in [6.07, 6.45) is 0. The van der Waals surface area contributed by atoms with E-state index in [0.29, 0.717) is 31.6 Å². The third-order valence-corrected chi connectivity index (χ3v) is 7.07. The van der Waals surface area contributed by atoms with Gasteiger partial charge in [-0.1, -0.05) is 22.0 Å². The van der Waals surface area contributed by atoms with E-state index >= 15 is 0 Å². The topological polar surface area (TPSA) is 52.6 Å². The van der Waals surface area contributed by atoms with Crippen LogP contribution in [-0.2, 0) is 9.59 Å². The van der Waals surface area contributed by atoms with E-state index in [1.54, 1.807) is 6.92 Å². The Morgan fingerprint density at radius 3 is 1.74 bits per heavy atom. The number of halogens is 3. The lowest BCUT2D eigenvalue weighted by Crippen LogP contribution is -2.09. The summed E-state index contributed by atoms with van der Waals surface area (Å²) in [7, 11) is 0. The van der Waals surface area contributed by atoms with E-state index in [0.717, 1.165) is 26.7 Å². The number of carbonyl (C=O) groups is 2. The first-order valence-corrected chi connectivity index (χ1v) is 10.5. The predicted molar refractivity (Wildman–Crippen MR) is 117 cm³/mol. The smallest absolute Gasteiger partial charge is 0.308 e. The summed E-state index contributed by atoms with van der Waals surface area (Å²) in [6, 6.07) is 2.05. The normalized spacial score (nSPS) is 10.7. The summed E-state index contributed by atoms with van der Waals surface area (Å²) in [5.41, 5.74) is 5.29. The summed E-state index contributed by atoms with van der Waals surface area (Å²) >= 11 is 10.7. The Hall–Kier alpha value is -1.18. The van der Waals surface area contributed by atoms with E-state index in [9.17, 15) is 9.59 Å². The molecule has 0 radical (unpaired) electrons. The molecule has 0 spiro atoms. The van der Waals surface area contributed by atoms with E-state index < -0.39 is 11.9 Å². The van der Waals surface area contributed by atoms with Crippen LogP contribution in [0.3, 0.4) is 0 Å². The molecule has 0 amide bonds. The number of hydrogen-bond donors (Lipinski definition) is 0. The van der Waals surface area contributed by atoms with Crippen LogP contribution in [0, 0.1) is 27.7 Å². The fourth-order valence-corrected chi connectivity index (χ4v) is 4.56. The standard InChI is InChI=1S/C20H19Br3O4/c1-8-7-9(2)16(21)10(3)14(8)15-18(23)19(26-12(5)24)11(4)17(22)20(15)27-13(6)25/h7H,1-6H3. The molecular formula is C20H19Br3O4. The lowest BCUT2D eigenvalue weighted by molar-refractivity contribution is -0.133. The molecule has 0 aliphatic rings. The van der Waals surface area contributed by atoms with Crippen molar-refractivity contribution < 1.29 is 19.1 Å². The van der Waals surface area contributed by atoms with Crippen LogP contribution in [0.4, 0.5) is 0 Å². The van der Waals surface area contributed by atoms with Gasteiger partial charge in [-0.15, -0.1) is 0 Å². The number of ether oxygens (including phenoxy) is 2. The Morgan fingerprint density at radius 1 is 0.704 bits per heavy atom. The number of esters is 2. The van der Waals surface area contributed by atoms with Gasteiger partial charge >= 0.3 is 11.9 Å². The maximum Gasteiger partial charge on any atom is 0.308 e. The highest BCUT2D eigenvalue weighted by molar-refractivity contribution is 9.11. The maximum atomic E-state index is 11.8. The lowest BCUT2D eigenvalue weighted by atomic mass is 9.92. The molecule has 4 nitrogen and oxygen atoms in total. The Labute approximate surface area is 184 Å². The van der Waals surface area contributed by atoms with Crippen molar-refractivity contribution in [1.29, 1.82) is 0 Å². The van der Waals surface area contributed by atoms with Gasteiger partial charge in [-0.25, -0.2) is 0 Å². The van der Waals surface area contributed by atoms with E-state index in [1.807, 2.05) is 20.8 Å². The van der Waals surface area contributed by atoms with Crippen molar-refractivity contribution in [2.24, 2.45) is 0 Å². The molecule has 0 bridgehead atoms. The van der Waals surface area contributed by atoms with E-state index in [4.69, 9.17) is 9.47 Å². The first kappa shape index (κ1) is 22.1. The highest BCUT2D eigenvalue weighted by Crippen LogP contribution is 2.52. The number of benzene rings is 2. The minimum absolute atomic E-state index is 0.379. The van der Waals surface area contributed by atoms with Gasteiger partial charge < -0.3 is 9.47 Å². The zero-order valence-electron chi connectivity index (χ0n) is 15.8. The molecule has 144 valence electrons. The van der Waals surface area contributed by atoms with Gasteiger partial charge in [0.2, 0.25) is 0 Å². The average molecular weight is 563 g/mol. The van der Waals surface area contributed by atoms with Gasteiger partial charge in [0.15, 0.2) is 5.75 Å². The number of rotatable bonds is 3.